The van der Waals surface area contributed by atoms with Gasteiger partial charge in [0.25, 0.3) is 5.56 Å². The summed E-state index contributed by atoms with van der Waals surface area (Å²) in [6, 6.07) is 4.86. The standard InChI is InChI=1S/C9H8N4OS/c14-8-3-1-2-5-13(8)11-9(15)12-6-4-10-7-12/h1-7H,(H,11,15). The number of thiocarbonyl (C=S) groups is 1. The summed E-state index contributed by atoms with van der Waals surface area (Å²) in [5, 5.41) is 0.390. The number of aromatic nitrogens is 3. The van der Waals surface area contributed by atoms with Crippen LogP contribution < -0.4 is 11.0 Å². The van der Waals surface area contributed by atoms with Gasteiger partial charge < -0.3 is 0 Å². The number of hydrogen-bond acceptors (Lipinski definition) is 3. The molecule has 0 radical (unpaired) electrons. The molecule has 6 heteroatoms. The molecule has 15 heavy (non-hydrogen) atoms. The molecule has 76 valence electrons. The molecular weight excluding hydrogens is 212 g/mol. The Labute approximate surface area is 91.0 Å². The van der Waals surface area contributed by atoms with Gasteiger partial charge >= 0.3 is 0 Å². The van der Waals surface area contributed by atoms with E-state index in [1.54, 1.807) is 41.6 Å². The molecule has 2 aromatic rings. The van der Waals surface area contributed by atoms with E-state index in [0.29, 0.717) is 5.11 Å². The molecule has 0 spiro atoms. The van der Waals surface area contributed by atoms with Crippen molar-refractivity contribution in [1.29, 1.82) is 0 Å². The highest BCUT2D eigenvalue weighted by Crippen LogP contribution is 1.87. The van der Waals surface area contributed by atoms with E-state index in [9.17, 15) is 4.79 Å². The molecule has 0 aliphatic carbocycles. The largest absolute Gasteiger partial charge is 0.282 e. The van der Waals surface area contributed by atoms with Crippen molar-refractivity contribution >= 4 is 17.3 Å². The van der Waals surface area contributed by atoms with Crippen molar-refractivity contribution in [2.45, 2.75) is 0 Å². The maximum absolute atomic E-state index is 11.3. The minimum atomic E-state index is -0.167. The fourth-order valence-electron chi connectivity index (χ4n) is 1.06. The molecule has 0 bridgehead atoms. The summed E-state index contributed by atoms with van der Waals surface area (Å²) in [6.45, 7) is 0. The number of rotatable bonds is 1. The van der Waals surface area contributed by atoms with Crippen molar-refractivity contribution in [3.8, 4) is 0 Å². The lowest BCUT2D eigenvalue weighted by Gasteiger charge is -2.09. The van der Waals surface area contributed by atoms with Crippen molar-refractivity contribution in [1.82, 2.24) is 14.2 Å². The maximum atomic E-state index is 11.3. The van der Waals surface area contributed by atoms with Gasteiger partial charge in [0.2, 0.25) is 0 Å². The molecule has 2 rings (SSSR count). The van der Waals surface area contributed by atoms with E-state index in [1.165, 1.54) is 10.7 Å². The first-order valence-corrected chi connectivity index (χ1v) is 4.65. The fraction of sp³-hybridized carbons (Fsp3) is 0. The number of imidazole rings is 1. The zero-order valence-corrected chi connectivity index (χ0v) is 8.52. The zero-order valence-electron chi connectivity index (χ0n) is 7.70. The number of nitrogens with one attached hydrogen (secondary N) is 1. The van der Waals surface area contributed by atoms with E-state index < -0.39 is 0 Å². The monoisotopic (exact) mass is 220 g/mol. The van der Waals surface area contributed by atoms with Gasteiger partial charge in [-0.1, -0.05) is 6.07 Å². The molecule has 0 fully saturated rings. The van der Waals surface area contributed by atoms with Gasteiger partial charge in [0.05, 0.1) is 0 Å². The lowest BCUT2D eigenvalue weighted by atomic mass is 10.5. The minimum absolute atomic E-state index is 0.167. The molecule has 0 saturated heterocycles. The minimum Gasteiger partial charge on any atom is -0.282 e. The molecule has 0 atom stereocenters. The zero-order chi connectivity index (χ0) is 10.7. The first-order valence-electron chi connectivity index (χ1n) is 4.24. The predicted octanol–water partition coefficient (Wildman–Crippen LogP) is 0.421. The summed E-state index contributed by atoms with van der Waals surface area (Å²) in [6.07, 6.45) is 6.47. The Hall–Kier alpha value is -1.95. The first kappa shape index (κ1) is 9.60. The van der Waals surface area contributed by atoms with E-state index in [0.717, 1.165) is 0 Å². The van der Waals surface area contributed by atoms with Gasteiger partial charge in [-0.2, -0.15) is 0 Å². The van der Waals surface area contributed by atoms with Crippen molar-refractivity contribution in [2.24, 2.45) is 0 Å². The Morgan fingerprint density at radius 2 is 2.27 bits per heavy atom. The van der Waals surface area contributed by atoms with Gasteiger partial charge in [-0.15, -0.1) is 0 Å². The lowest BCUT2D eigenvalue weighted by Crippen LogP contribution is -2.33. The topological polar surface area (TPSA) is 51.9 Å². The van der Waals surface area contributed by atoms with Crippen molar-refractivity contribution in [2.75, 3.05) is 5.43 Å². The molecule has 5 nitrogen and oxygen atoms in total. The smallest absolute Gasteiger partial charge is 0.269 e. The van der Waals surface area contributed by atoms with Crippen LogP contribution in [0.3, 0.4) is 0 Å². The molecule has 0 aromatic carbocycles. The Balaban J connectivity index is 2.20. The molecule has 0 amide bonds. The van der Waals surface area contributed by atoms with Crippen LogP contribution in [0.15, 0.2) is 47.9 Å². The summed E-state index contributed by atoms with van der Waals surface area (Å²) >= 11 is 5.07. The second-order valence-electron chi connectivity index (χ2n) is 2.80. The third kappa shape index (κ3) is 2.10. The molecule has 2 aromatic heterocycles. The van der Waals surface area contributed by atoms with Crippen LogP contribution in [0.25, 0.3) is 0 Å². The predicted molar refractivity (Wildman–Crippen MR) is 60.3 cm³/mol. The van der Waals surface area contributed by atoms with Crippen LogP contribution in [0, 0.1) is 0 Å². The van der Waals surface area contributed by atoms with Crippen LogP contribution in [-0.2, 0) is 0 Å². The fourth-order valence-corrected chi connectivity index (χ4v) is 1.27. The van der Waals surface area contributed by atoms with Crippen molar-refractivity contribution in [3.63, 3.8) is 0 Å². The van der Waals surface area contributed by atoms with E-state index in [-0.39, 0.29) is 5.56 Å². The van der Waals surface area contributed by atoms with Crippen LogP contribution >= 0.6 is 12.2 Å². The molecule has 0 unspecified atom stereocenters. The second kappa shape index (κ2) is 4.05. The van der Waals surface area contributed by atoms with Gasteiger partial charge in [0.1, 0.15) is 6.33 Å². The van der Waals surface area contributed by atoms with Gasteiger partial charge in [-0.3, -0.25) is 14.8 Å². The maximum Gasteiger partial charge on any atom is 0.269 e. The second-order valence-corrected chi connectivity index (χ2v) is 3.18. The summed E-state index contributed by atoms with van der Waals surface area (Å²) in [5.74, 6) is 0. The van der Waals surface area contributed by atoms with Gasteiger partial charge in [-0.05, 0) is 18.3 Å². The Kier molecular flexibility index (Phi) is 2.59. The summed E-state index contributed by atoms with van der Waals surface area (Å²) in [5.41, 5.74) is 2.60. The molecule has 0 aliphatic rings. The normalized spacial score (nSPS) is 9.87. The van der Waals surface area contributed by atoms with Crippen molar-refractivity contribution < 1.29 is 0 Å². The summed E-state index contributed by atoms with van der Waals surface area (Å²) < 4.78 is 2.91. The van der Waals surface area contributed by atoms with Gasteiger partial charge in [0, 0.05) is 24.7 Å². The number of pyridine rings is 1. The van der Waals surface area contributed by atoms with Gasteiger partial charge in [0.15, 0.2) is 5.11 Å². The van der Waals surface area contributed by atoms with Crippen LogP contribution in [0.5, 0.6) is 0 Å². The van der Waals surface area contributed by atoms with E-state index in [2.05, 4.69) is 10.4 Å². The quantitative estimate of drug-likeness (QED) is 0.708. The highest BCUT2D eigenvalue weighted by Gasteiger charge is 1.99. The van der Waals surface area contributed by atoms with E-state index in [1.807, 2.05) is 0 Å². The highest BCUT2D eigenvalue weighted by molar-refractivity contribution is 7.80. The van der Waals surface area contributed by atoms with Crippen LogP contribution in [0.1, 0.15) is 0 Å². The summed E-state index contributed by atoms with van der Waals surface area (Å²) in [7, 11) is 0. The molecular formula is C9H8N4OS. The average molecular weight is 220 g/mol. The Bertz CT molecular complexity index is 517. The van der Waals surface area contributed by atoms with E-state index >= 15 is 0 Å². The SMILES string of the molecule is O=c1ccccn1NC(=S)n1ccnc1. The number of nitrogens with zero attached hydrogens (tertiary/aromatic N) is 3. The lowest BCUT2D eigenvalue weighted by molar-refractivity contribution is 0.901. The van der Waals surface area contributed by atoms with Crippen LogP contribution in [-0.4, -0.2) is 19.3 Å². The number of hydrogen-bond donors (Lipinski definition) is 1. The third-order valence-electron chi connectivity index (χ3n) is 1.78. The first-order chi connectivity index (χ1) is 7.27. The Morgan fingerprint density at radius 3 is 2.93 bits per heavy atom. The molecule has 2 heterocycles. The Morgan fingerprint density at radius 1 is 1.40 bits per heavy atom. The van der Waals surface area contributed by atoms with Gasteiger partial charge in [-0.25, -0.2) is 9.66 Å². The van der Waals surface area contributed by atoms with Crippen molar-refractivity contribution in [3.05, 3.63) is 53.5 Å². The highest BCUT2D eigenvalue weighted by atomic mass is 32.1. The molecule has 0 saturated carbocycles. The average Bonchev–Trinajstić information content (AvgIpc) is 2.74. The molecule has 0 aliphatic heterocycles. The van der Waals surface area contributed by atoms with E-state index in [4.69, 9.17) is 12.2 Å². The van der Waals surface area contributed by atoms with Crippen LogP contribution in [0.4, 0.5) is 0 Å². The summed E-state index contributed by atoms with van der Waals surface area (Å²) in [4.78, 5) is 15.2. The third-order valence-corrected chi connectivity index (χ3v) is 2.08. The van der Waals surface area contributed by atoms with Crippen LogP contribution in [0.2, 0.25) is 0 Å². The molecule has 1 N–H and O–H groups in total.